The van der Waals surface area contributed by atoms with Crippen LogP contribution >= 0.6 is 0 Å². The highest BCUT2D eigenvalue weighted by Gasteiger charge is 2.28. The predicted molar refractivity (Wildman–Crippen MR) is 222 cm³/mol. The third-order valence-electron chi connectivity index (χ3n) is 8.59. The van der Waals surface area contributed by atoms with Gasteiger partial charge in [0.15, 0.2) is 0 Å². The van der Waals surface area contributed by atoms with Crippen molar-refractivity contribution in [3.8, 4) is 5.75 Å². The second-order valence-electron chi connectivity index (χ2n) is 16.1. The van der Waals surface area contributed by atoms with Crippen LogP contribution in [0.1, 0.15) is 102 Å². The number of nitrogens with one attached hydrogen (secondary N) is 4. The maximum Gasteiger partial charge on any atom is 0.408 e. The fourth-order valence-corrected chi connectivity index (χ4v) is 5.68. The summed E-state index contributed by atoms with van der Waals surface area (Å²) in [4.78, 5) is 64.9. The van der Waals surface area contributed by atoms with Crippen LogP contribution in [-0.4, -0.2) is 66.4 Å². The Morgan fingerprint density at radius 1 is 0.655 bits per heavy atom. The van der Waals surface area contributed by atoms with Crippen molar-refractivity contribution in [3.63, 3.8) is 0 Å². The maximum atomic E-state index is 13.9. The number of benzene rings is 3. The third kappa shape index (κ3) is 19.5. The fourth-order valence-electron chi connectivity index (χ4n) is 5.68. The van der Waals surface area contributed by atoms with Gasteiger partial charge in [0.05, 0.1) is 6.61 Å². The van der Waals surface area contributed by atoms with Crippen LogP contribution in [0, 0.1) is 6.92 Å². The zero-order valence-electron chi connectivity index (χ0n) is 35.1. The lowest BCUT2D eigenvalue weighted by Crippen LogP contribution is -2.53. The number of esters is 1. The van der Waals surface area contributed by atoms with E-state index in [-0.39, 0.29) is 32.0 Å². The van der Waals surface area contributed by atoms with Gasteiger partial charge in [0.1, 0.15) is 35.6 Å². The average Bonchev–Trinajstić information content (AvgIpc) is 3.16. The molecule has 0 unspecified atom stereocenters. The molecule has 0 radical (unpaired) electrons. The van der Waals surface area contributed by atoms with Gasteiger partial charge in [-0.05, 0) is 115 Å². The number of alkyl carbamates (subject to hydrolysis) is 2. The van der Waals surface area contributed by atoms with E-state index in [1.165, 1.54) is 0 Å². The summed E-state index contributed by atoms with van der Waals surface area (Å²) in [5.74, 6) is -0.671. The number of hydrogen-bond acceptors (Lipinski definition) is 9. The van der Waals surface area contributed by atoms with Crippen LogP contribution in [-0.2, 0) is 48.2 Å². The molecule has 2 atom stereocenters. The molecular formula is C45H62N4O9. The van der Waals surface area contributed by atoms with E-state index < -0.39 is 47.3 Å². The largest absolute Gasteiger partial charge is 0.494 e. The molecule has 0 spiro atoms. The standard InChI is InChI=1S/C45H62N4O9/c1-32-23-25-36(55-28-16-27-46-42(53)58-45(5,6)7)29-35(32)30-47-40(51)38(26-24-33-17-10-8-11-18-33)48-41(52)37(21-14-15-22-39(50)57-44(2,3)4)49-43(54)56-31-34-19-12-9-13-20-34/h8-13,17-20,23,25,29,37-38H,14-16,21-22,24,26-28,30-31H2,1-7H3,(H,46,53)(H,47,51)(H,48,52)(H,49,54)/t37-,38-/m0/s1. The molecule has 0 aliphatic heterocycles. The lowest BCUT2D eigenvalue weighted by atomic mass is 10.0. The van der Waals surface area contributed by atoms with Gasteiger partial charge < -0.3 is 40.2 Å². The Bertz CT molecular complexity index is 1760. The van der Waals surface area contributed by atoms with Crippen molar-refractivity contribution in [2.45, 2.75) is 130 Å². The minimum atomic E-state index is -1.04. The molecule has 0 aliphatic rings. The zero-order chi connectivity index (χ0) is 42.6. The molecule has 13 nitrogen and oxygen atoms in total. The van der Waals surface area contributed by atoms with Crippen LogP contribution in [0.2, 0.25) is 0 Å². The molecule has 4 amide bonds. The topological polar surface area (TPSA) is 170 Å². The number of carbonyl (C=O) groups is 5. The summed E-state index contributed by atoms with van der Waals surface area (Å²) in [5, 5.41) is 11.3. The first-order valence-corrected chi connectivity index (χ1v) is 20.0. The smallest absolute Gasteiger partial charge is 0.408 e. The van der Waals surface area contributed by atoms with E-state index in [0.29, 0.717) is 51.0 Å². The molecular weight excluding hydrogens is 741 g/mol. The van der Waals surface area contributed by atoms with E-state index in [1.807, 2.05) is 85.8 Å². The molecule has 3 aromatic carbocycles. The molecule has 0 aromatic heterocycles. The van der Waals surface area contributed by atoms with Gasteiger partial charge in [0, 0.05) is 19.5 Å². The molecule has 3 aromatic rings. The number of ether oxygens (including phenoxy) is 4. The van der Waals surface area contributed by atoms with Crippen LogP contribution < -0.4 is 26.0 Å². The highest BCUT2D eigenvalue weighted by atomic mass is 16.6. The molecule has 0 bridgehead atoms. The molecule has 0 heterocycles. The Labute approximate surface area is 343 Å². The normalized spacial score (nSPS) is 12.3. The molecule has 3 rings (SSSR count). The van der Waals surface area contributed by atoms with Crippen LogP contribution in [0.15, 0.2) is 78.9 Å². The Morgan fingerprint density at radius 3 is 1.95 bits per heavy atom. The van der Waals surface area contributed by atoms with Gasteiger partial charge in [-0.25, -0.2) is 9.59 Å². The Balaban J connectivity index is 1.67. The summed E-state index contributed by atoms with van der Waals surface area (Å²) >= 11 is 0. The van der Waals surface area contributed by atoms with Crippen molar-refractivity contribution in [2.75, 3.05) is 13.2 Å². The highest BCUT2D eigenvalue weighted by Crippen LogP contribution is 2.18. The monoisotopic (exact) mass is 802 g/mol. The Kier molecular flexibility index (Phi) is 19.0. The SMILES string of the molecule is Cc1ccc(OCCCNC(=O)OC(C)(C)C)cc1CNC(=O)[C@H](CCc1ccccc1)NC(=O)[C@H](CCCCC(=O)OC(C)(C)C)NC(=O)OCc1ccccc1. The molecule has 316 valence electrons. The summed E-state index contributed by atoms with van der Waals surface area (Å²) in [5.41, 5.74) is 2.36. The first-order chi connectivity index (χ1) is 27.5. The highest BCUT2D eigenvalue weighted by molar-refractivity contribution is 5.91. The van der Waals surface area contributed by atoms with Gasteiger partial charge in [0.2, 0.25) is 11.8 Å². The van der Waals surface area contributed by atoms with E-state index in [9.17, 15) is 24.0 Å². The van der Waals surface area contributed by atoms with Gasteiger partial charge in [-0.15, -0.1) is 0 Å². The van der Waals surface area contributed by atoms with Crippen LogP contribution in [0.5, 0.6) is 5.75 Å². The van der Waals surface area contributed by atoms with Crippen molar-refractivity contribution in [1.82, 2.24) is 21.3 Å². The van der Waals surface area contributed by atoms with Crippen molar-refractivity contribution in [3.05, 3.63) is 101 Å². The van der Waals surface area contributed by atoms with E-state index in [2.05, 4.69) is 21.3 Å². The van der Waals surface area contributed by atoms with E-state index >= 15 is 0 Å². The summed E-state index contributed by atoms with van der Waals surface area (Å²) in [6.45, 7) is 13.7. The first-order valence-electron chi connectivity index (χ1n) is 20.0. The number of rotatable bonds is 21. The van der Waals surface area contributed by atoms with Crippen molar-refractivity contribution >= 4 is 30.0 Å². The second-order valence-corrected chi connectivity index (χ2v) is 16.1. The summed E-state index contributed by atoms with van der Waals surface area (Å²) < 4.78 is 22.0. The summed E-state index contributed by atoms with van der Waals surface area (Å²) in [7, 11) is 0. The number of hydrogen-bond donors (Lipinski definition) is 4. The fraction of sp³-hybridized carbons (Fsp3) is 0.489. The van der Waals surface area contributed by atoms with Gasteiger partial charge in [0.25, 0.3) is 0 Å². The molecule has 0 aliphatic carbocycles. The second kappa shape index (κ2) is 23.6. The quantitative estimate of drug-likeness (QED) is 0.0494. The molecule has 0 fully saturated rings. The van der Waals surface area contributed by atoms with Gasteiger partial charge in [-0.2, -0.15) is 0 Å². The minimum Gasteiger partial charge on any atom is -0.494 e. The summed E-state index contributed by atoms with van der Waals surface area (Å²) in [6.07, 6.45) is 1.32. The average molecular weight is 803 g/mol. The van der Waals surface area contributed by atoms with Gasteiger partial charge in [-0.1, -0.05) is 73.2 Å². The van der Waals surface area contributed by atoms with Crippen molar-refractivity contribution in [2.24, 2.45) is 0 Å². The number of aryl methyl sites for hydroxylation is 2. The molecule has 58 heavy (non-hydrogen) atoms. The minimum absolute atomic E-state index is 0.0126. The summed E-state index contributed by atoms with van der Waals surface area (Å²) in [6, 6.07) is 22.4. The zero-order valence-corrected chi connectivity index (χ0v) is 35.1. The van der Waals surface area contributed by atoms with E-state index in [0.717, 1.165) is 22.3 Å². The lowest BCUT2D eigenvalue weighted by molar-refractivity contribution is -0.155. The van der Waals surface area contributed by atoms with E-state index in [4.69, 9.17) is 18.9 Å². The number of carbonyl (C=O) groups excluding carboxylic acids is 5. The lowest BCUT2D eigenvalue weighted by Gasteiger charge is -2.24. The van der Waals surface area contributed by atoms with Crippen LogP contribution in [0.25, 0.3) is 0 Å². The van der Waals surface area contributed by atoms with Gasteiger partial charge in [-0.3, -0.25) is 14.4 Å². The molecule has 4 N–H and O–H groups in total. The van der Waals surface area contributed by atoms with Crippen LogP contribution in [0.4, 0.5) is 9.59 Å². The number of amides is 4. The predicted octanol–water partition coefficient (Wildman–Crippen LogP) is 7.22. The maximum absolute atomic E-state index is 13.9. The van der Waals surface area contributed by atoms with Crippen molar-refractivity contribution in [1.29, 1.82) is 0 Å². The van der Waals surface area contributed by atoms with Gasteiger partial charge >= 0.3 is 18.2 Å². The van der Waals surface area contributed by atoms with Crippen LogP contribution in [0.3, 0.4) is 0 Å². The van der Waals surface area contributed by atoms with Crippen molar-refractivity contribution < 1.29 is 42.9 Å². The Hall–Kier alpha value is -5.59. The molecule has 0 saturated heterocycles. The molecule has 13 heteroatoms. The Morgan fingerprint density at radius 2 is 1.29 bits per heavy atom. The first kappa shape index (κ1) is 46.8. The molecule has 0 saturated carbocycles. The third-order valence-corrected chi connectivity index (χ3v) is 8.59. The van der Waals surface area contributed by atoms with E-state index in [1.54, 1.807) is 41.5 Å². The number of unbranched alkanes of at least 4 members (excludes halogenated alkanes) is 1.